The number of nitrogens with zero attached hydrogens (tertiary/aromatic N) is 5. The Balaban J connectivity index is 1.35. The minimum absolute atomic E-state index is 0.0555. The van der Waals surface area contributed by atoms with Crippen molar-refractivity contribution in [3.8, 4) is 0 Å². The molecule has 0 unspecified atom stereocenters. The minimum atomic E-state index is -0.259. The SMILES string of the molecule is C/C(=N/NC(=O)Cn1nnc2ccccc21)c1ccc(NC2=NCCCS2)cc1. The predicted molar refractivity (Wildman–Crippen MR) is 117 cm³/mol. The van der Waals surface area contributed by atoms with Crippen LogP contribution in [0.4, 0.5) is 5.69 Å². The summed E-state index contributed by atoms with van der Waals surface area (Å²) >= 11 is 1.74. The molecule has 148 valence electrons. The molecular formula is C20H21N7OS. The molecule has 2 aromatic carbocycles. The summed E-state index contributed by atoms with van der Waals surface area (Å²) in [4.78, 5) is 16.7. The van der Waals surface area contributed by atoms with Gasteiger partial charge in [-0.25, -0.2) is 10.1 Å². The zero-order valence-corrected chi connectivity index (χ0v) is 16.8. The van der Waals surface area contributed by atoms with Crippen LogP contribution in [-0.2, 0) is 11.3 Å². The summed E-state index contributed by atoms with van der Waals surface area (Å²) < 4.78 is 1.56. The Labute approximate surface area is 172 Å². The fraction of sp³-hybridized carbons (Fsp3) is 0.250. The fourth-order valence-corrected chi connectivity index (χ4v) is 3.71. The second-order valence-electron chi connectivity index (χ2n) is 6.56. The Morgan fingerprint density at radius 1 is 1.21 bits per heavy atom. The van der Waals surface area contributed by atoms with E-state index in [1.807, 2.05) is 55.5 Å². The lowest BCUT2D eigenvalue weighted by Gasteiger charge is -2.13. The van der Waals surface area contributed by atoms with Gasteiger partial charge in [-0.2, -0.15) is 5.10 Å². The van der Waals surface area contributed by atoms with Crippen LogP contribution in [-0.4, -0.2) is 44.1 Å². The zero-order valence-electron chi connectivity index (χ0n) is 16.0. The number of amidine groups is 1. The molecule has 2 N–H and O–H groups in total. The summed E-state index contributed by atoms with van der Waals surface area (Å²) in [7, 11) is 0. The van der Waals surface area contributed by atoms with Crippen LogP contribution in [0.1, 0.15) is 18.9 Å². The normalized spacial score (nSPS) is 14.5. The molecule has 1 aromatic heterocycles. The molecule has 1 aliphatic heterocycles. The number of benzene rings is 2. The van der Waals surface area contributed by atoms with E-state index in [-0.39, 0.29) is 12.5 Å². The van der Waals surface area contributed by atoms with Crippen molar-refractivity contribution in [1.29, 1.82) is 0 Å². The van der Waals surface area contributed by atoms with Crippen LogP contribution < -0.4 is 10.7 Å². The van der Waals surface area contributed by atoms with Crippen molar-refractivity contribution >= 4 is 45.3 Å². The van der Waals surface area contributed by atoms with E-state index in [0.717, 1.165) is 51.9 Å². The number of para-hydroxylation sites is 1. The van der Waals surface area contributed by atoms with E-state index < -0.39 is 0 Å². The smallest absolute Gasteiger partial charge is 0.261 e. The summed E-state index contributed by atoms with van der Waals surface area (Å²) in [6.45, 7) is 2.79. The molecule has 0 saturated heterocycles. The summed E-state index contributed by atoms with van der Waals surface area (Å²) in [6, 6.07) is 15.4. The number of thioether (sulfide) groups is 1. The molecule has 2 heterocycles. The molecule has 0 bridgehead atoms. The Hall–Kier alpha value is -3.20. The Kier molecular flexibility index (Phi) is 5.85. The molecule has 0 spiro atoms. The van der Waals surface area contributed by atoms with E-state index in [4.69, 9.17) is 0 Å². The van der Waals surface area contributed by atoms with Gasteiger partial charge in [0.2, 0.25) is 0 Å². The largest absolute Gasteiger partial charge is 0.335 e. The molecule has 1 amide bonds. The summed E-state index contributed by atoms with van der Waals surface area (Å²) in [5.74, 6) is 0.838. The van der Waals surface area contributed by atoms with Gasteiger partial charge in [-0.1, -0.05) is 41.2 Å². The van der Waals surface area contributed by atoms with Crippen LogP contribution in [0.5, 0.6) is 0 Å². The van der Waals surface area contributed by atoms with Crippen molar-refractivity contribution in [2.45, 2.75) is 19.9 Å². The van der Waals surface area contributed by atoms with Crippen molar-refractivity contribution in [2.24, 2.45) is 10.1 Å². The van der Waals surface area contributed by atoms with Gasteiger partial charge in [0.15, 0.2) is 5.17 Å². The van der Waals surface area contributed by atoms with Gasteiger partial charge >= 0.3 is 0 Å². The maximum atomic E-state index is 12.2. The molecule has 1 aliphatic rings. The number of amides is 1. The highest BCUT2D eigenvalue weighted by Crippen LogP contribution is 2.17. The monoisotopic (exact) mass is 407 g/mol. The Morgan fingerprint density at radius 2 is 2.03 bits per heavy atom. The number of aromatic nitrogens is 3. The van der Waals surface area contributed by atoms with Crippen molar-refractivity contribution in [1.82, 2.24) is 20.4 Å². The fourth-order valence-electron chi connectivity index (χ4n) is 2.87. The highest BCUT2D eigenvalue weighted by atomic mass is 32.2. The van der Waals surface area contributed by atoms with Crippen LogP contribution in [0.3, 0.4) is 0 Å². The lowest BCUT2D eigenvalue weighted by molar-refractivity contribution is -0.121. The number of nitrogens with one attached hydrogen (secondary N) is 2. The molecule has 8 nitrogen and oxygen atoms in total. The van der Waals surface area contributed by atoms with Crippen LogP contribution in [0.25, 0.3) is 11.0 Å². The number of hydrogen-bond donors (Lipinski definition) is 2. The van der Waals surface area contributed by atoms with Gasteiger partial charge in [0, 0.05) is 18.0 Å². The summed E-state index contributed by atoms with van der Waals surface area (Å²) in [5.41, 5.74) is 6.79. The maximum Gasteiger partial charge on any atom is 0.261 e. The van der Waals surface area contributed by atoms with E-state index in [1.54, 1.807) is 16.4 Å². The van der Waals surface area contributed by atoms with E-state index in [2.05, 4.69) is 31.1 Å². The van der Waals surface area contributed by atoms with E-state index in [1.165, 1.54) is 0 Å². The average molecular weight is 408 g/mol. The molecule has 0 radical (unpaired) electrons. The second kappa shape index (κ2) is 8.87. The topological polar surface area (TPSA) is 96.6 Å². The van der Waals surface area contributed by atoms with Crippen molar-refractivity contribution in [2.75, 3.05) is 17.6 Å². The van der Waals surface area contributed by atoms with Gasteiger partial charge in [-0.05, 0) is 43.2 Å². The third-order valence-electron chi connectivity index (χ3n) is 4.41. The average Bonchev–Trinajstić information content (AvgIpc) is 3.16. The highest BCUT2D eigenvalue weighted by molar-refractivity contribution is 8.14. The Morgan fingerprint density at radius 3 is 2.83 bits per heavy atom. The summed E-state index contributed by atoms with van der Waals surface area (Å²) in [5, 5.41) is 16.6. The van der Waals surface area contributed by atoms with E-state index in [9.17, 15) is 4.79 Å². The van der Waals surface area contributed by atoms with Gasteiger partial charge in [0.1, 0.15) is 12.1 Å². The molecule has 29 heavy (non-hydrogen) atoms. The highest BCUT2D eigenvalue weighted by Gasteiger charge is 2.09. The number of hydrazone groups is 1. The standard InChI is InChI=1S/C20H21N7OS/c1-14(15-7-9-16(10-8-15)22-20-21-11-4-12-29-20)23-25-19(28)13-27-18-6-3-2-5-17(18)24-26-27/h2-3,5-10H,4,11-13H2,1H3,(H,21,22)(H,25,28)/b23-14-. The number of aliphatic imine (C=N–C) groups is 1. The van der Waals surface area contributed by atoms with Crippen LogP contribution >= 0.6 is 11.8 Å². The molecule has 0 atom stereocenters. The lowest BCUT2D eigenvalue weighted by Crippen LogP contribution is -2.24. The lowest BCUT2D eigenvalue weighted by atomic mass is 10.1. The van der Waals surface area contributed by atoms with Crippen LogP contribution in [0.2, 0.25) is 0 Å². The van der Waals surface area contributed by atoms with Gasteiger partial charge in [-0.3, -0.25) is 9.79 Å². The molecule has 3 aromatic rings. The maximum absolute atomic E-state index is 12.2. The number of anilines is 1. The van der Waals surface area contributed by atoms with E-state index >= 15 is 0 Å². The van der Waals surface area contributed by atoms with Gasteiger partial charge < -0.3 is 5.32 Å². The van der Waals surface area contributed by atoms with Crippen molar-refractivity contribution < 1.29 is 4.79 Å². The van der Waals surface area contributed by atoms with Gasteiger partial charge in [-0.15, -0.1) is 5.10 Å². The minimum Gasteiger partial charge on any atom is -0.335 e. The third-order valence-corrected chi connectivity index (χ3v) is 5.41. The van der Waals surface area contributed by atoms with Crippen molar-refractivity contribution in [3.05, 3.63) is 54.1 Å². The van der Waals surface area contributed by atoms with Gasteiger partial charge in [0.25, 0.3) is 5.91 Å². The first kappa shape index (κ1) is 19.1. The quantitative estimate of drug-likeness (QED) is 0.501. The van der Waals surface area contributed by atoms with Crippen molar-refractivity contribution in [3.63, 3.8) is 0 Å². The molecule has 0 fully saturated rings. The first-order chi connectivity index (χ1) is 14.2. The zero-order chi connectivity index (χ0) is 20.1. The molecule has 9 heteroatoms. The number of carbonyl (C=O) groups excluding carboxylic acids is 1. The van der Waals surface area contributed by atoms with Gasteiger partial charge in [0.05, 0.1) is 11.2 Å². The first-order valence-electron chi connectivity index (χ1n) is 9.35. The number of hydrogen-bond acceptors (Lipinski definition) is 7. The third kappa shape index (κ3) is 4.80. The number of carbonyl (C=O) groups is 1. The number of fused-ring (bicyclic) bond motifs is 1. The number of rotatable bonds is 5. The molecule has 4 rings (SSSR count). The molecule has 0 saturated carbocycles. The first-order valence-corrected chi connectivity index (χ1v) is 10.3. The van der Waals surface area contributed by atoms with Crippen LogP contribution in [0.15, 0.2) is 58.6 Å². The molecule has 0 aliphatic carbocycles. The second-order valence-corrected chi connectivity index (χ2v) is 7.64. The summed E-state index contributed by atoms with van der Waals surface area (Å²) in [6.07, 6.45) is 1.13. The Bertz CT molecular complexity index is 1070. The predicted octanol–water partition coefficient (Wildman–Crippen LogP) is 2.88. The molecular weight excluding hydrogens is 386 g/mol. The van der Waals surface area contributed by atoms with Crippen LogP contribution in [0, 0.1) is 0 Å². The van der Waals surface area contributed by atoms with E-state index in [0.29, 0.717) is 0 Å².